The number of carbonyl (C=O) groups is 1. The van der Waals surface area contributed by atoms with Gasteiger partial charge in [-0.2, -0.15) is 5.26 Å². The average molecular weight is 529 g/mol. The van der Waals surface area contributed by atoms with Crippen molar-refractivity contribution in [1.29, 1.82) is 5.26 Å². The predicted molar refractivity (Wildman–Crippen MR) is 146 cm³/mol. The first-order chi connectivity index (χ1) is 18.9. The SMILES string of the molecule is CCCCOc1ccc(C2C(C#N)=C(N)Oc3cc(OC(=O)COc4ccc(C)cc4)ccc32)cc1OCC. The number of rotatable bonds is 11. The summed E-state index contributed by atoms with van der Waals surface area (Å²) in [6.45, 7) is 6.77. The van der Waals surface area contributed by atoms with Gasteiger partial charge in [-0.25, -0.2) is 4.79 Å². The van der Waals surface area contributed by atoms with E-state index < -0.39 is 11.9 Å². The van der Waals surface area contributed by atoms with Gasteiger partial charge in [-0.15, -0.1) is 0 Å². The third kappa shape index (κ3) is 6.63. The number of unbranched alkanes of at least 4 members (excludes halogenated alkanes) is 1. The Morgan fingerprint density at radius 3 is 2.46 bits per heavy atom. The van der Waals surface area contributed by atoms with E-state index in [1.807, 2.05) is 44.2 Å². The number of esters is 1. The molecule has 1 unspecified atom stereocenters. The summed E-state index contributed by atoms with van der Waals surface area (Å²) in [5.74, 6) is 1.39. The number of nitrogens with zero attached hydrogens (tertiary/aromatic N) is 1. The molecule has 1 aliphatic rings. The number of hydrogen-bond acceptors (Lipinski definition) is 8. The van der Waals surface area contributed by atoms with Crippen LogP contribution in [-0.2, 0) is 4.79 Å². The molecule has 0 fully saturated rings. The number of fused-ring (bicyclic) bond motifs is 1. The number of nitriles is 1. The van der Waals surface area contributed by atoms with E-state index in [9.17, 15) is 10.1 Å². The predicted octanol–water partition coefficient (Wildman–Crippen LogP) is 5.78. The second-order valence-corrected chi connectivity index (χ2v) is 9.04. The normalized spacial score (nSPS) is 14.1. The van der Waals surface area contributed by atoms with Crippen molar-refractivity contribution in [3.8, 4) is 34.8 Å². The molecule has 8 nitrogen and oxygen atoms in total. The molecule has 0 amide bonds. The Balaban J connectivity index is 1.57. The van der Waals surface area contributed by atoms with Crippen molar-refractivity contribution in [1.82, 2.24) is 0 Å². The maximum absolute atomic E-state index is 12.4. The molecule has 2 N–H and O–H groups in total. The van der Waals surface area contributed by atoms with Crippen LogP contribution in [0.3, 0.4) is 0 Å². The number of allylic oxidation sites excluding steroid dienone is 1. The van der Waals surface area contributed by atoms with Crippen molar-refractivity contribution in [3.63, 3.8) is 0 Å². The standard InChI is InChI=1S/C31H32N2O6/c1-4-6-15-36-26-14-9-21(16-28(26)35-5-2)30-24-13-12-23(17-27(24)39-31(33)25(30)18-32)38-29(34)19-37-22-10-7-20(3)8-11-22/h7-14,16-17,30H,4-6,15,19,33H2,1-3H3. The molecule has 1 aliphatic heterocycles. The molecule has 3 aromatic carbocycles. The molecule has 1 heterocycles. The van der Waals surface area contributed by atoms with Gasteiger partial charge in [-0.3, -0.25) is 0 Å². The van der Waals surface area contributed by atoms with Gasteiger partial charge in [0.05, 0.1) is 19.1 Å². The molecule has 0 aliphatic carbocycles. The first-order valence-corrected chi connectivity index (χ1v) is 12.9. The Morgan fingerprint density at radius 1 is 0.974 bits per heavy atom. The van der Waals surface area contributed by atoms with E-state index in [0.717, 1.165) is 24.0 Å². The molecule has 3 aromatic rings. The lowest BCUT2D eigenvalue weighted by Gasteiger charge is -2.27. The second kappa shape index (κ2) is 12.7. The van der Waals surface area contributed by atoms with Crippen molar-refractivity contribution < 1.29 is 28.5 Å². The van der Waals surface area contributed by atoms with E-state index in [4.69, 9.17) is 29.4 Å². The average Bonchev–Trinajstić information content (AvgIpc) is 2.93. The molecule has 0 bridgehead atoms. The van der Waals surface area contributed by atoms with Crippen molar-refractivity contribution in [3.05, 3.63) is 88.8 Å². The fraction of sp³-hybridized carbons (Fsp3) is 0.290. The van der Waals surface area contributed by atoms with Gasteiger partial charge in [0.2, 0.25) is 5.88 Å². The maximum Gasteiger partial charge on any atom is 0.349 e. The molecule has 39 heavy (non-hydrogen) atoms. The highest BCUT2D eigenvalue weighted by atomic mass is 16.6. The lowest BCUT2D eigenvalue weighted by molar-refractivity contribution is -0.136. The van der Waals surface area contributed by atoms with Gasteiger partial charge < -0.3 is 29.4 Å². The van der Waals surface area contributed by atoms with E-state index in [1.54, 1.807) is 30.3 Å². The second-order valence-electron chi connectivity index (χ2n) is 9.04. The summed E-state index contributed by atoms with van der Waals surface area (Å²) < 4.78 is 28.5. The zero-order chi connectivity index (χ0) is 27.8. The van der Waals surface area contributed by atoms with Crippen molar-refractivity contribution in [2.24, 2.45) is 5.73 Å². The van der Waals surface area contributed by atoms with Crippen LogP contribution in [0.25, 0.3) is 0 Å². The molecule has 0 saturated carbocycles. The largest absolute Gasteiger partial charge is 0.490 e. The zero-order valence-corrected chi connectivity index (χ0v) is 22.4. The summed E-state index contributed by atoms with van der Waals surface area (Å²) in [7, 11) is 0. The number of ether oxygens (including phenoxy) is 5. The Hall–Kier alpha value is -4.64. The lowest BCUT2D eigenvalue weighted by Crippen LogP contribution is -2.22. The van der Waals surface area contributed by atoms with Crippen molar-refractivity contribution >= 4 is 5.97 Å². The minimum absolute atomic E-state index is 0.0117. The quantitative estimate of drug-likeness (QED) is 0.189. The Bertz CT molecular complexity index is 1390. The Morgan fingerprint density at radius 2 is 1.74 bits per heavy atom. The van der Waals surface area contributed by atoms with Gasteiger partial charge >= 0.3 is 5.97 Å². The van der Waals surface area contributed by atoms with Crippen LogP contribution < -0.4 is 29.4 Å². The van der Waals surface area contributed by atoms with E-state index in [-0.39, 0.29) is 23.8 Å². The van der Waals surface area contributed by atoms with Gasteiger partial charge in [-0.1, -0.05) is 43.2 Å². The van der Waals surface area contributed by atoms with Crippen molar-refractivity contribution in [2.45, 2.75) is 39.5 Å². The van der Waals surface area contributed by atoms with Gasteiger partial charge in [0.15, 0.2) is 18.1 Å². The number of hydrogen-bond donors (Lipinski definition) is 1. The third-order valence-corrected chi connectivity index (χ3v) is 6.16. The summed E-state index contributed by atoms with van der Waals surface area (Å²) in [4.78, 5) is 12.4. The van der Waals surface area contributed by atoms with Gasteiger partial charge in [0.25, 0.3) is 0 Å². The molecule has 1 atom stereocenters. The van der Waals surface area contributed by atoms with E-state index in [1.165, 1.54) is 0 Å². The summed E-state index contributed by atoms with van der Waals surface area (Å²) in [5.41, 5.74) is 9.04. The van der Waals surface area contributed by atoms with Crippen molar-refractivity contribution in [2.75, 3.05) is 19.8 Å². The fourth-order valence-corrected chi connectivity index (χ4v) is 4.20. The van der Waals surface area contributed by atoms with Crippen LogP contribution >= 0.6 is 0 Å². The lowest BCUT2D eigenvalue weighted by atomic mass is 9.83. The van der Waals surface area contributed by atoms with E-state index >= 15 is 0 Å². The molecule has 0 spiro atoms. The monoisotopic (exact) mass is 528 g/mol. The highest BCUT2D eigenvalue weighted by Gasteiger charge is 2.32. The topological polar surface area (TPSA) is 113 Å². The molecule has 4 rings (SSSR count). The molecule has 0 radical (unpaired) electrons. The molecular formula is C31H32N2O6. The highest BCUT2D eigenvalue weighted by Crippen LogP contribution is 2.45. The summed E-state index contributed by atoms with van der Waals surface area (Å²) >= 11 is 0. The first-order valence-electron chi connectivity index (χ1n) is 12.9. The van der Waals surface area contributed by atoms with E-state index in [2.05, 4.69) is 13.0 Å². The van der Waals surface area contributed by atoms with Crippen LogP contribution in [0.1, 0.15) is 49.3 Å². The van der Waals surface area contributed by atoms with Crippen LogP contribution in [0.2, 0.25) is 0 Å². The van der Waals surface area contributed by atoms with Crippen LogP contribution in [-0.4, -0.2) is 25.8 Å². The molecule has 8 heteroatoms. The number of carbonyl (C=O) groups excluding carboxylic acids is 1. The zero-order valence-electron chi connectivity index (χ0n) is 22.4. The number of nitrogens with two attached hydrogens (primary N) is 1. The summed E-state index contributed by atoms with van der Waals surface area (Å²) in [6, 6.07) is 20.2. The minimum atomic E-state index is -0.566. The molecule has 202 valence electrons. The first kappa shape index (κ1) is 27.4. The van der Waals surface area contributed by atoms with Crippen LogP contribution in [0.4, 0.5) is 0 Å². The molecule has 0 aromatic heterocycles. The van der Waals surface area contributed by atoms with Crippen LogP contribution in [0.5, 0.6) is 28.7 Å². The van der Waals surface area contributed by atoms with Crippen LogP contribution in [0.15, 0.2) is 72.1 Å². The van der Waals surface area contributed by atoms with E-state index in [0.29, 0.717) is 41.8 Å². The molecular weight excluding hydrogens is 496 g/mol. The number of aryl methyl sites for hydroxylation is 1. The van der Waals surface area contributed by atoms with Gasteiger partial charge in [-0.05, 0) is 56.2 Å². The van der Waals surface area contributed by atoms with Gasteiger partial charge in [0, 0.05) is 11.6 Å². The Kier molecular flexibility index (Phi) is 8.95. The third-order valence-electron chi connectivity index (χ3n) is 6.16. The fourth-order valence-electron chi connectivity index (χ4n) is 4.20. The molecule has 0 saturated heterocycles. The highest BCUT2D eigenvalue weighted by molar-refractivity contribution is 5.74. The number of benzene rings is 3. The summed E-state index contributed by atoms with van der Waals surface area (Å²) in [6.07, 6.45) is 1.96. The minimum Gasteiger partial charge on any atom is -0.490 e. The van der Waals surface area contributed by atoms with Gasteiger partial charge in [0.1, 0.15) is 28.9 Å². The maximum atomic E-state index is 12.4. The smallest absolute Gasteiger partial charge is 0.349 e. The summed E-state index contributed by atoms with van der Waals surface area (Å²) in [5, 5.41) is 9.92. The Labute approximate surface area is 228 Å². The van der Waals surface area contributed by atoms with Crippen LogP contribution in [0, 0.1) is 18.3 Å².